The highest BCUT2D eigenvalue weighted by Crippen LogP contribution is 2.38. The van der Waals surface area contributed by atoms with Crippen molar-refractivity contribution in [3.05, 3.63) is 81.9 Å². The monoisotopic (exact) mass is 316 g/mol. The Morgan fingerprint density at radius 2 is 1.00 bits per heavy atom. The lowest BCUT2D eigenvalue weighted by Crippen LogP contribution is -2.21. The topological polar surface area (TPSA) is 58.2 Å². The number of amides is 2. The van der Waals surface area contributed by atoms with E-state index in [0.29, 0.717) is 22.5 Å². The second kappa shape index (κ2) is 5.20. The number of nitrogens with one attached hydrogen (secondary N) is 2. The van der Waals surface area contributed by atoms with Gasteiger partial charge in [-0.3, -0.25) is 9.59 Å². The van der Waals surface area contributed by atoms with Gasteiger partial charge in [-0.1, -0.05) is 48.5 Å². The van der Waals surface area contributed by atoms with Gasteiger partial charge in [0.2, 0.25) is 0 Å². The standard InChI is InChI=1S/C20H16N2O2/c1-11-7-3-5-9-13(11)17-15-16(20(24)21-17)18(22-19(15)23)14-10-6-4-8-12(14)2/h3-10H,1-2H3,(H,21,24)(H,22,23). The van der Waals surface area contributed by atoms with Crippen LogP contribution in [-0.2, 0) is 9.59 Å². The van der Waals surface area contributed by atoms with Crippen LogP contribution < -0.4 is 10.6 Å². The average Bonchev–Trinajstić information content (AvgIpc) is 3.08. The molecule has 0 spiro atoms. The number of fused-ring (bicyclic) bond motifs is 1. The van der Waals surface area contributed by atoms with Crippen LogP contribution in [0.25, 0.3) is 11.4 Å². The van der Waals surface area contributed by atoms with Crippen molar-refractivity contribution in [2.45, 2.75) is 13.8 Å². The molecule has 118 valence electrons. The summed E-state index contributed by atoms with van der Waals surface area (Å²) in [4.78, 5) is 25.2. The second-order valence-electron chi connectivity index (χ2n) is 6.04. The highest BCUT2D eigenvalue weighted by molar-refractivity contribution is 6.30. The molecular formula is C20H16N2O2. The molecule has 0 bridgehead atoms. The molecule has 24 heavy (non-hydrogen) atoms. The van der Waals surface area contributed by atoms with Crippen molar-refractivity contribution in [3.63, 3.8) is 0 Å². The van der Waals surface area contributed by atoms with Gasteiger partial charge in [0.25, 0.3) is 11.8 Å². The lowest BCUT2D eigenvalue weighted by atomic mass is 9.98. The minimum atomic E-state index is -0.236. The van der Waals surface area contributed by atoms with Crippen molar-refractivity contribution in [1.29, 1.82) is 0 Å². The lowest BCUT2D eigenvalue weighted by molar-refractivity contribution is -0.117. The summed E-state index contributed by atoms with van der Waals surface area (Å²) in [7, 11) is 0. The quantitative estimate of drug-likeness (QED) is 0.895. The fraction of sp³-hybridized carbons (Fsp3) is 0.100. The number of aryl methyl sites for hydroxylation is 2. The molecular weight excluding hydrogens is 300 g/mol. The number of carbonyl (C=O) groups is 2. The zero-order chi connectivity index (χ0) is 16.8. The first-order chi connectivity index (χ1) is 11.6. The Bertz CT molecular complexity index is 888. The Morgan fingerprint density at radius 3 is 1.38 bits per heavy atom. The highest BCUT2D eigenvalue weighted by Gasteiger charge is 2.41. The Kier molecular flexibility index (Phi) is 3.13. The molecule has 0 fully saturated rings. The van der Waals surface area contributed by atoms with Crippen molar-refractivity contribution in [3.8, 4) is 0 Å². The summed E-state index contributed by atoms with van der Waals surface area (Å²) in [6.45, 7) is 3.93. The molecule has 2 heterocycles. The molecule has 0 aliphatic carbocycles. The van der Waals surface area contributed by atoms with Crippen LogP contribution in [-0.4, -0.2) is 11.8 Å². The van der Waals surface area contributed by atoms with Crippen LogP contribution in [0.1, 0.15) is 22.3 Å². The minimum Gasteiger partial charge on any atom is -0.321 e. The molecule has 2 N–H and O–H groups in total. The minimum absolute atomic E-state index is 0.236. The van der Waals surface area contributed by atoms with Crippen LogP contribution in [0.15, 0.2) is 59.7 Å². The largest absolute Gasteiger partial charge is 0.321 e. The zero-order valence-electron chi connectivity index (χ0n) is 13.4. The predicted molar refractivity (Wildman–Crippen MR) is 92.5 cm³/mol. The van der Waals surface area contributed by atoms with Gasteiger partial charge < -0.3 is 10.6 Å². The second-order valence-corrected chi connectivity index (χ2v) is 6.04. The van der Waals surface area contributed by atoms with Crippen molar-refractivity contribution in [1.82, 2.24) is 10.6 Å². The van der Waals surface area contributed by atoms with E-state index >= 15 is 0 Å². The fourth-order valence-corrected chi connectivity index (χ4v) is 3.29. The Balaban J connectivity index is 1.96. The van der Waals surface area contributed by atoms with Crippen LogP contribution in [0.4, 0.5) is 0 Å². The Hall–Kier alpha value is -3.14. The summed E-state index contributed by atoms with van der Waals surface area (Å²) in [6.07, 6.45) is 0. The smallest absolute Gasteiger partial charge is 0.258 e. The molecule has 2 amide bonds. The van der Waals surface area contributed by atoms with Gasteiger partial charge in [-0.15, -0.1) is 0 Å². The Labute approximate surface area is 139 Å². The van der Waals surface area contributed by atoms with E-state index in [4.69, 9.17) is 0 Å². The normalized spacial score (nSPS) is 16.4. The van der Waals surface area contributed by atoms with Gasteiger partial charge in [0.1, 0.15) is 0 Å². The molecule has 2 aliphatic rings. The van der Waals surface area contributed by atoms with Crippen molar-refractivity contribution >= 4 is 23.2 Å². The van der Waals surface area contributed by atoms with Gasteiger partial charge in [0.05, 0.1) is 22.5 Å². The van der Waals surface area contributed by atoms with E-state index in [0.717, 1.165) is 22.3 Å². The van der Waals surface area contributed by atoms with Gasteiger partial charge in [-0.2, -0.15) is 0 Å². The summed E-state index contributed by atoms with van der Waals surface area (Å²) in [5.74, 6) is -0.472. The van der Waals surface area contributed by atoms with Crippen LogP contribution in [0, 0.1) is 13.8 Å². The predicted octanol–water partition coefficient (Wildman–Crippen LogP) is 2.69. The van der Waals surface area contributed by atoms with Crippen LogP contribution in [0.3, 0.4) is 0 Å². The number of hydrogen-bond donors (Lipinski definition) is 2. The molecule has 4 nitrogen and oxygen atoms in total. The summed E-state index contributed by atoms with van der Waals surface area (Å²) >= 11 is 0. The van der Waals surface area contributed by atoms with Gasteiger partial charge in [-0.05, 0) is 25.0 Å². The van der Waals surface area contributed by atoms with E-state index in [1.807, 2.05) is 62.4 Å². The van der Waals surface area contributed by atoms with E-state index in [-0.39, 0.29) is 11.8 Å². The lowest BCUT2D eigenvalue weighted by Gasteiger charge is -2.10. The molecule has 0 unspecified atom stereocenters. The molecule has 0 aromatic heterocycles. The maximum Gasteiger partial charge on any atom is 0.258 e. The maximum atomic E-state index is 12.6. The number of rotatable bonds is 2. The van der Waals surface area contributed by atoms with Crippen LogP contribution in [0.2, 0.25) is 0 Å². The molecule has 4 rings (SSSR count). The molecule has 2 aliphatic heterocycles. The number of benzene rings is 2. The molecule has 0 radical (unpaired) electrons. The first-order valence-electron chi connectivity index (χ1n) is 7.81. The summed E-state index contributed by atoms with van der Waals surface area (Å²) < 4.78 is 0. The molecule has 2 aromatic rings. The van der Waals surface area contributed by atoms with Gasteiger partial charge in [0.15, 0.2) is 0 Å². The summed E-state index contributed by atoms with van der Waals surface area (Å²) in [5, 5.41) is 5.77. The van der Waals surface area contributed by atoms with Crippen molar-refractivity contribution in [2.24, 2.45) is 0 Å². The maximum absolute atomic E-state index is 12.6. The average molecular weight is 316 g/mol. The molecule has 0 saturated heterocycles. The highest BCUT2D eigenvalue weighted by atomic mass is 16.2. The molecule has 0 saturated carbocycles. The third kappa shape index (κ3) is 2.00. The fourth-order valence-electron chi connectivity index (χ4n) is 3.29. The SMILES string of the molecule is Cc1ccccc1C1=C2C(=O)NC(c3ccccc3C)=C2C(=O)N1. The molecule has 0 atom stereocenters. The Morgan fingerprint density at radius 1 is 0.625 bits per heavy atom. The molecule has 4 heteroatoms. The van der Waals surface area contributed by atoms with E-state index in [9.17, 15) is 9.59 Å². The summed E-state index contributed by atoms with van der Waals surface area (Å²) in [6, 6.07) is 15.4. The van der Waals surface area contributed by atoms with Crippen LogP contribution in [0.5, 0.6) is 0 Å². The number of carbonyl (C=O) groups excluding carboxylic acids is 2. The first-order valence-corrected chi connectivity index (χ1v) is 7.81. The van der Waals surface area contributed by atoms with E-state index in [1.54, 1.807) is 0 Å². The third-order valence-corrected chi connectivity index (χ3v) is 4.51. The van der Waals surface area contributed by atoms with E-state index in [2.05, 4.69) is 10.6 Å². The summed E-state index contributed by atoms with van der Waals surface area (Å²) in [5.41, 5.74) is 5.83. The van der Waals surface area contributed by atoms with Crippen LogP contribution >= 0.6 is 0 Å². The number of hydrogen-bond acceptors (Lipinski definition) is 2. The van der Waals surface area contributed by atoms with Crippen molar-refractivity contribution < 1.29 is 9.59 Å². The van der Waals surface area contributed by atoms with Gasteiger partial charge in [0, 0.05) is 11.1 Å². The van der Waals surface area contributed by atoms with Gasteiger partial charge in [-0.25, -0.2) is 0 Å². The van der Waals surface area contributed by atoms with E-state index < -0.39 is 0 Å². The third-order valence-electron chi connectivity index (χ3n) is 4.51. The first kappa shape index (κ1) is 14.5. The van der Waals surface area contributed by atoms with E-state index in [1.165, 1.54) is 0 Å². The molecule has 2 aromatic carbocycles. The van der Waals surface area contributed by atoms with Gasteiger partial charge >= 0.3 is 0 Å². The van der Waals surface area contributed by atoms with Crippen molar-refractivity contribution in [2.75, 3.05) is 0 Å². The zero-order valence-corrected chi connectivity index (χ0v) is 13.4.